The van der Waals surface area contributed by atoms with E-state index in [9.17, 15) is 4.79 Å². The number of benzene rings is 1. The Morgan fingerprint density at radius 3 is 2.79 bits per heavy atom. The molecule has 0 aliphatic carbocycles. The highest BCUT2D eigenvalue weighted by atomic mass is 16.5. The zero-order chi connectivity index (χ0) is 9.80. The van der Waals surface area contributed by atoms with Gasteiger partial charge < -0.3 is 14.3 Å². The second-order valence-corrected chi connectivity index (χ2v) is 3.20. The molecule has 3 nitrogen and oxygen atoms in total. The first kappa shape index (κ1) is 9.06. The van der Waals surface area contributed by atoms with Crippen LogP contribution in [0, 0.1) is 0 Å². The highest BCUT2D eigenvalue weighted by Crippen LogP contribution is 2.30. The third-order valence-corrected chi connectivity index (χ3v) is 2.13. The fourth-order valence-corrected chi connectivity index (χ4v) is 1.43. The summed E-state index contributed by atoms with van der Waals surface area (Å²) in [5, 5.41) is 0. The fraction of sp³-hybridized carbons (Fsp3) is 0.364. The Hall–Kier alpha value is -1.51. The van der Waals surface area contributed by atoms with Crippen molar-refractivity contribution in [1.29, 1.82) is 0 Å². The molecule has 1 aliphatic rings. The summed E-state index contributed by atoms with van der Waals surface area (Å²) in [6.45, 7) is 1.37. The van der Waals surface area contributed by atoms with Crippen molar-refractivity contribution in [3.8, 4) is 11.5 Å². The highest BCUT2D eigenvalue weighted by Gasteiger charge is 2.09. The average Bonchev–Trinajstić information content (AvgIpc) is 2.42. The summed E-state index contributed by atoms with van der Waals surface area (Å²) in [4.78, 5) is 10.3. The van der Waals surface area contributed by atoms with E-state index in [1.54, 1.807) is 0 Å². The summed E-state index contributed by atoms with van der Waals surface area (Å²) in [6, 6.07) is 5.62. The van der Waals surface area contributed by atoms with Crippen molar-refractivity contribution in [2.75, 3.05) is 13.2 Å². The van der Waals surface area contributed by atoms with E-state index in [2.05, 4.69) is 0 Å². The molecule has 0 amide bonds. The van der Waals surface area contributed by atoms with Gasteiger partial charge in [-0.25, -0.2) is 0 Å². The Morgan fingerprint density at radius 1 is 1.21 bits per heavy atom. The molecule has 0 aromatic heterocycles. The molecule has 2 rings (SSSR count). The van der Waals surface area contributed by atoms with Crippen LogP contribution in [0.5, 0.6) is 11.5 Å². The SMILES string of the molecule is O=CCc1ccc2c(c1)OCCCO2. The van der Waals surface area contributed by atoms with Crippen LogP contribution in [0.3, 0.4) is 0 Å². The Labute approximate surface area is 82.6 Å². The van der Waals surface area contributed by atoms with E-state index in [1.807, 2.05) is 18.2 Å². The fourth-order valence-electron chi connectivity index (χ4n) is 1.43. The number of carbonyl (C=O) groups excluding carboxylic acids is 1. The van der Waals surface area contributed by atoms with Gasteiger partial charge in [0.25, 0.3) is 0 Å². The topological polar surface area (TPSA) is 35.5 Å². The van der Waals surface area contributed by atoms with Gasteiger partial charge in [0.15, 0.2) is 11.5 Å². The van der Waals surface area contributed by atoms with Crippen molar-refractivity contribution in [3.63, 3.8) is 0 Å². The summed E-state index contributed by atoms with van der Waals surface area (Å²) in [5.41, 5.74) is 0.962. The van der Waals surface area contributed by atoms with Crippen molar-refractivity contribution >= 4 is 6.29 Å². The van der Waals surface area contributed by atoms with Crippen molar-refractivity contribution in [2.24, 2.45) is 0 Å². The maximum absolute atomic E-state index is 10.3. The summed E-state index contributed by atoms with van der Waals surface area (Å²) >= 11 is 0. The van der Waals surface area contributed by atoms with Gasteiger partial charge in [0.2, 0.25) is 0 Å². The molecule has 1 aromatic rings. The first-order valence-corrected chi connectivity index (χ1v) is 4.72. The van der Waals surface area contributed by atoms with Crippen LogP contribution in [0.15, 0.2) is 18.2 Å². The van der Waals surface area contributed by atoms with Gasteiger partial charge >= 0.3 is 0 Å². The molecule has 0 fully saturated rings. The molecule has 0 atom stereocenters. The number of fused-ring (bicyclic) bond motifs is 1. The van der Waals surface area contributed by atoms with Crippen LogP contribution in [0.2, 0.25) is 0 Å². The third-order valence-electron chi connectivity index (χ3n) is 2.13. The lowest BCUT2D eigenvalue weighted by atomic mass is 10.1. The van der Waals surface area contributed by atoms with Crippen LogP contribution in [-0.4, -0.2) is 19.5 Å². The zero-order valence-electron chi connectivity index (χ0n) is 7.86. The highest BCUT2D eigenvalue weighted by molar-refractivity contribution is 5.56. The average molecular weight is 192 g/mol. The maximum Gasteiger partial charge on any atom is 0.161 e. The molecule has 0 N–H and O–H groups in total. The van der Waals surface area contributed by atoms with Crippen LogP contribution in [0.4, 0.5) is 0 Å². The number of ether oxygens (including phenoxy) is 2. The van der Waals surface area contributed by atoms with E-state index in [0.29, 0.717) is 19.6 Å². The molecule has 14 heavy (non-hydrogen) atoms. The van der Waals surface area contributed by atoms with Crippen molar-refractivity contribution in [3.05, 3.63) is 23.8 Å². The number of carbonyl (C=O) groups is 1. The molecule has 3 heteroatoms. The van der Waals surface area contributed by atoms with Crippen LogP contribution >= 0.6 is 0 Å². The lowest BCUT2D eigenvalue weighted by Crippen LogP contribution is -1.97. The van der Waals surface area contributed by atoms with Gasteiger partial charge in [0.05, 0.1) is 13.2 Å². The van der Waals surface area contributed by atoms with E-state index in [-0.39, 0.29) is 0 Å². The van der Waals surface area contributed by atoms with E-state index >= 15 is 0 Å². The van der Waals surface area contributed by atoms with Gasteiger partial charge in [-0.05, 0) is 17.7 Å². The molecule has 0 saturated carbocycles. The smallest absolute Gasteiger partial charge is 0.161 e. The first-order valence-electron chi connectivity index (χ1n) is 4.72. The molecule has 0 bridgehead atoms. The Balaban J connectivity index is 2.27. The predicted octanol–water partition coefficient (Wildman–Crippen LogP) is 1.59. The van der Waals surface area contributed by atoms with E-state index in [0.717, 1.165) is 29.8 Å². The standard InChI is InChI=1S/C11H12O3/c12-5-4-9-2-3-10-11(8-9)14-7-1-6-13-10/h2-3,5,8H,1,4,6-7H2. The number of rotatable bonds is 2. The van der Waals surface area contributed by atoms with Gasteiger partial charge in [0.1, 0.15) is 6.29 Å². The molecule has 0 spiro atoms. The number of aldehydes is 1. The molecule has 1 aromatic carbocycles. The molecule has 0 radical (unpaired) electrons. The summed E-state index contributed by atoms with van der Waals surface area (Å²) < 4.78 is 11.0. The van der Waals surface area contributed by atoms with E-state index in [1.165, 1.54) is 0 Å². The lowest BCUT2D eigenvalue weighted by molar-refractivity contribution is -0.107. The second-order valence-electron chi connectivity index (χ2n) is 3.20. The monoisotopic (exact) mass is 192 g/mol. The maximum atomic E-state index is 10.3. The minimum Gasteiger partial charge on any atom is -0.490 e. The van der Waals surface area contributed by atoms with E-state index < -0.39 is 0 Å². The van der Waals surface area contributed by atoms with Crippen molar-refractivity contribution in [2.45, 2.75) is 12.8 Å². The van der Waals surface area contributed by atoms with Crippen molar-refractivity contribution in [1.82, 2.24) is 0 Å². The molecule has 1 heterocycles. The van der Waals surface area contributed by atoms with Crippen molar-refractivity contribution < 1.29 is 14.3 Å². The zero-order valence-corrected chi connectivity index (χ0v) is 7.86. The third kappa shape index (κ3) is 1.87. The Bertz CT molecular complexity index is 333. The minimum atomic E-state index is 0.427. The summed E-state index contributed by atoms with van der Waals surface area (Å²) in [5.74, 6) is 1.53. The van der Waals surface area contributed by atoms with Gasteiger partial charge in [0, 0.05) is 12.8 Å². The second kappa shape index (κ2) is 4.13. The van der Waals surface area contributed by atoms with Crippen LogP contribution in [0.1, 0.15) is 12.0 Å². The lowest BCUT2D eigenvalue weighted by Gasteiger charge is -2.07. The van der Waals surface area contributed by atoms with Crippen LogP contribution in [-0.2, 0) is 11.2 Å². The normalized spacial score (nSPS) is 14.6. The largest absolute Gasteiger partial charge is 0.490 e. The van der Waals surface area contributed by atoms with Gasteiger partial charge in [-0.1, -0.05) is 6.07 Å². The summed E-state index contributed by atoms with van der Waals surface area (Å²) in [6.07, 6.45) is 2.22. The molecule has 74 valence electrons. The first-order chi connectivity index (χ1) is 6.90. The molecule has 0 unspecified atom stereocenters. The Kier molecular flexibility index (Phi) is 2.68. The van der Waals surface area contributed by atoms with Crippen LogP contribution in [0.25, 0.3) is 0 Å². The number of hydrogen-bond donors (Lipinski definition) is 0. The predicted molar refractivity (Wildman–Crippen MR) is 51.8 cm³/mol. The van der Waals surface area contributed by atoms with Crippen LogP contribution < -0.4 is 9.47 Å². The molecule has 1 aliphatic heterocycles. The summed E-state index contributed by atoms with van der Waals surface area (Å²) in [7, 11) is 0. The van der Waals surface area contributed by atoms with Gasteiger partial charge in [-0.15, -0.1) is 0 Å². The van der Waals surface area contributed by atoms with E-state index in [4.69, 9.17) is 9.47 Å². The Morgan fingerprint density at radius 2 is 2.00 bits per heavy atom. The minimum absolute atomic E-state index is 0.427. The molecular formula is C11H12O3. The number of hydrogen-bond acceptors (Lipinski definition) is 3. The quantitative estimate of drug-likeness (QED) is 0.667. The molecular weight excluding hydrogens is 180 g/mol. The van der Waals surface area contributed by atoms with Gasteiger partial charge in [-0.2, -0.15) is 0 Å². The molecule has 0 saturated heterocycles. The van der Waals surface area contributed by atoms with Gasteiger partial charge in [-0.3, -0.25) is 0 Å².